The molecule has 0 spiro atoms. The molecule has 0 bridgehead atoms. The molecule has 1 aliphatic rings. The molecule has 10 heteroatoms. The second kappa shape index (κ2) is 12.9. The predicted molar refractivity (Wildman–Crippen MR) is 153 cm³/mol. The highest BCUT2D eigenvalue weighted by molar-refractivity contribution is 6.30. The maximum absolute atomic E-state index is 13.0. The first-order valence-corrected chi connectivity index (χ1v) is 12.7. The number of halogens is 1. The number of imide groups is 1. The van der Waals surface area contributed by atoms with Crippen LogP contribution in [0.3, 0.4) is 0 Å². The summed E-state index contributed by atoms with van der Waals surface area (Å²) in [6, 6.07) is 17.0. The molecule has 0 aromatic heterocycles. The fourth-order valence-corrected chi connectivity index (χ4v) is 4.21. The first-order chi connectivity index (χ1) is 19.3. The van der Waals surface area contributed by atoms with Crippen LogP contribution in [0.4, 0.5) is 10.5 Å². The van der Waals surface area contributed by atoms with Gasteiger partial charge < -0.3 is 24.8 Å². The molecule has 4 rings (SSSR count). The largest absolute Gasteiger partial charge is 0.495 e. The average Bonchev–Trinajstić information content (AvgIpc) is 3.20. The molecule has 0 unspecified atom stereocenters. The van der Waals surface area contributed by atoms with Gasteiger partial charge in [0, 0.05) is 10.6 Å². The van der Waals surface area contributed by atoms with Crippen molar-refractivity contribution in [3.63, 3.8) is 0 Å². The average molecular weight is 562 g/mol. The Morgan fingerprint density at radius 2 is 1.77 bits per heavy atom. The molecule has 1 heterocycles. The number of urea groups is 1. The standard InChI is InChI=1S/C30H28ClN3O6/c1-4-7-21-14-20(16-26(39-3)28(21)40-18-19-10-12-22(31)13-11-19)15-24-29(36)34(30(37)33-24)17-27(35)32-23-8-5-6-9-25(23)38-2/h4-6,8-16H,1,7,17-18H2,2-3H3,(H,32,35)(H,33,37)/b24-15+. The summed E-state index contributed by atoms with van der Waals surface area (Å²) in [6.45, 7) is 3.64. The third-order valence-electron chi connectivity index (χ3n) is 5.99. The summed E-state index contributed by atoms with van der Waals surface area (Å²) >= 11 is 5.97. The monoisotopic (exact) mass is 561 g/mol. The van der Waals surface area contributed by atoms with Crippen molar-refractivity contribution in [1.82, 2.24) is 10.2 Å². The lowest BCUT2D eigenvalue weighted by atomic mass is 10.0. The minimum atomic E-state index is -0.701. The van der Waals surface area contributed by atoms with Crippen molar-refractivity contribution in [1.29, 1.82) is 0 Å². The lowest BCUT2D eigenvalue weighted by Gasteiger charge is -2.16. The molecule has 3 aromatic rings. The zero-order chi connectivity index (χ0) is 28.6. The van der Waals surface area contributed by atoms with Crippen molar-refractivity contribution in [2.24, 2.45) is 0 Å². The molecule has 0 atom stereocenters. The van der Waals surface area contributed by atoms with E-state index >= 15 is 0 Å². The molecule has 1 aliphatic heterocycles. The van der Waals surface area contributed by atoms with Gasteiger partial charge in [-0.3, -0.25) is 9.59 Å². The lowest BCUT2D eigenvalue weighted by Crippen LogP contribution is -2.38. The number of rotatable bonds is 11. The second-order valence-corrected chi connectivity index (χ2v) is 9.18. The van der Waals surface area contributed by atoms with E-state index in [0.29, 0.717) is 46.5 Å². The molecular weight excluding hydrogens is 534 g/mol. The molecule has 2 N–H and O–H groups in total. The number of nitrogens with one attached hydrogen (secondary N) is 2. The first kappa shape index (κ1) is 28.3. The maximum atomic E-state index is 13.0. The SMILES string of the molecule is C=CCc1cc(/C=C2/NC(=O)N(CC(=O)Nc3ccccc3OC)C2=O)cc(OC)c1OCc1ccc(Cl)cc1. The van der Waals surface area contributed by atoms with Crippen molar-refractivity contribution in [2.75, 3.05) is 26.1 Å². The Morgan fingerprint density at radius 3 is 2.48 bits per heavy atom. The van der Waals surface area contributed by atoms with Crippen molar-refractivity contribution in [3.8, 4) is 17.2 Å². The number of methoxy groups -OCH3 is 2. The van der Waals surface area contributed by atoms with Crippen molar-refractivity contribution in [2.45, 2.75) is 13.0 Å². The zero-order valence-electron chi connectivity index (χ0n) is 22.0. The fraction of sp³-hybridized carbons (Fsp3) is 0.167. The van der Waals surface area contributed by atoms with Gasteiger partial charge in [0.15, 0.2) is 11.5 Å². The Morgan fingerprint density at radius 1 is 1.05 bits per heavy atom. The minimum absolute atomic E-state index is 0.0246. The van der Waals surface area contributed by atoms with Gasteiger partial charge in [-0.15, -0.1) is 6.58 Å². The van der Waals surface area contributed by atoms with Gasteiger partial charge in [-0.2, -0.15) is 0 Å². The number of carbonyl (C=O) groups excluding carboxylic acids is 3. The molecule has 1 fully saturated rings. The van der Waals surface area contributed by atoms with E-state index in [1.54, 1.807) is 48.5 Å². The van der Waals surface area contributed by atoms with Gasteiger partial charge in [0.05, 0.1) is 19.9 Å². The van der Waals surface area contributed by atoms with Gasteiger partial charge in [0.1, 0.15) is 24.6 Å². The van der Waals surface area contributed by atoms with Gasteiger partial charge >= 0.3 is 6.03 Å². The Hall–Kier alpha value is -4.76. The molecule has 4 amide bonds. The number of amides is 4. The molecular formula is C30H28ClN3O6. The van der Waals surface area contributed by atoms with E-state index in [9.17, 15) is 14.4 Å². The number of benzene rings is 3. The smallest absolute Gasteiger partial charge is 0.329 e. The number of anilines is 1. The summed E-state index contributed by atoms with van der Waals surface area (Å²) in [7, 11) is 3.00. The molecule has 3 aromatic carbocycles. The summed E-state index contributed by atoms with van der Waals surface area (Å²) in [4.78, 5) is 39.0. The third kappa shape index (κ3) is 6.62. The zero-order valence-corrected chi connectivity index (χ0v) is 22.8. The predicted octanol–water partition coefficient (Wildman–Crippen LogP) is 5.20. The van der Waals surface area contributed by atoms with E-state index in [-0.39, 0.29) is 5.70 Å². The van der Waals surface area contributed by atoms with E-state index in [2.05, 4.69) is 17.2 Å². The number of para-hydroxylation sites is 2. The molecule has 0 aliphatic carbocycles. The summed E-state index contributed by atoms with van der Waals surface area (Å²) in [5, 5.41) is 5.83. The van der Waals surface area contributed by atoms with Crippen LogP contribution in [0, 0.1) is 0 Å². The van der Waals surface area contributed by atoms with Crippen LogP contribution >= 0.6 is 11.6 Å². The van der Waals surface area contributed by atoms with Crippen LogP contribution in [0.5, 0.6) is 17.2 Å². The molecule has 206 valence electrons. The van der Waals surface area contributed by atoms with Gasteiger partial charge in [-0.25, -0.2) is 9.69 Å². The maximum Gasteiger partial charge on any atom is 0.329 e. The number of allylic oxidation sites excluding steroid dienone is 1. The first-order valence-electron chi connectivity index (χ1n) is 12.3. The topological polar surface area (TPSA) is 106 Å². The van der Waals surface area contributed by atoms with Crippen LogP contribution in [-0.2, 0) is 22.6 Å². The lowest BCUT2D eigenvalue weighted by molar-refractivity contribution is -0.127. The van der Waals surface area contributed by atoms with Gasteiger partial charge in [-0.1, -0.05) is 41.9 Å². The highest BCUT2D eigenvalue weighted by Gasteiger charge is 2.35. The number of hydrogen-bond donors (Lipinski definition) is 2. The van der Waals surface area contributed by atoms with Gasteiger partial charge in [0.25, 0.3) is 5.91 Å². The van der Waals surface area contributed by atoms with Crippen LogP contribution < -0.4 is 24.8 Å². The van der Waals surface area contributed by atoms with Crippen LogP contribution in [-0.4, -0.2) is 43.5 Å². The Bertz CT molecular complexity index is 1470. The van der Waals surface area contributed by atoms with Crippen molar-refractivity contribution < 1.29 is 28.6 Å². The number of nitrogens with zero attached hydrogens (tertiary/aromatic N) is 1. The van der Waals surface area contributed by atoms with E-state index in [0.717, 1.165) is 16.0 Å². The van der Waals surface area contributed by atoms with E-state index < -0.39 is 24.4 Å². The van der Waals surface area contributed by atoms with E-state index in [4.69, 9.17) is 25.8 Å². The number of carbonyl (C=O) groups is 3. The van der Waals surface area contributed by atoms with Crippen LogP contribution in [0.15, 0.2) is 79.0 Å². The number of ether oxygens (including phenoxy) is 3. The highest BCUT2D eigenvalue weighted by atomic mass is 35.5. The van der Waals surface area contributed by atoms with Crippen LogP contribution in [0.2, 0.25) is 5.02 Å². The van der Waals surface area contributed by atoms with Crippen LogP contribution in [0.1, 0.15) is 16.7 Å². The Kier molecular flexibility index (Phi) is 9.08. The highest BCUT2D eigenvalue weighted by Crippen LogP contribution is 2.35. The summed E-state index contributed by atoms with van der Waals surface area (Å²) in [5.74, 6) is 0.262. The summed E-state index contributed by atoms with van der Waals surface area (Å²) in [5.41, 5.74) is 2.75. The molecule has 0 radical (unpaired) electrons. The third-order valence-corrected chi connectivity index (χ3v) is 6.24. The molecule has 0 saturated carbocycles. The normalized spacial score (nSPS) is 13.7. The quantitative estimate of drug-likeness (QED) is 0.189. The summed E-state index contributed by atoms with van der Waals surface area (Å²) in [6.07, 6.45) is 3.72. The Balaban J connectivity index is 1.52. The molecule has 40 heavy (non-hydrogen) atoms. The number of hydrogen-bond acceptors (Lipinski definition) is 6. The van der Waals surface area contributed by atoms with Gasteiger partial charge in [-0.05, 0) is 60.0 Å². The molecule has 9 nitrogen and oxygen atoms in total. The Labute approximate surface area is 237 Å². The minimum Gasteiger partial charge on any atom is -0.495 e. The van der Waals surface area contributed by atoms with E-state index in [1.165, 1.54) is 20.3 Å². The van der Waals surface area contributed by atoms with Crippen LogP contribution in [0.25, 0.3) is 6.08 Å². The van der Waals surface area contributed by atoms with Crippen molar-refractivity contribution in [3.05, 3.63) is 101 Å². The molecule has 1 saturated heterocycles. The fourth-order valence-electron chi connectivity index (χ4n) is 4.09. The van der Waals surface area contributed by atoms with Crippen molar-refractivity contribution >= 4 is 41.2 Å². The van der Waals surface area contributed by atoms with E-state index in [1.807, 2.05) is 18.2 Å². The summed E-state index contributed by atoms with van der Waals surface area (Å²) < 4.78 is 16.9. The second-order valence-electron chi connectivity index (χ2n) is 8.75. The van der Waals surface area contributed by atoms with Gasteiger partial charge in [0.2, 0.25) is 5.91 Å².